The molecule has 0 aromatic heterocycles. The van der Waals surface area contributed by atoms with Crippen molar-refractivity contribution in [3.8, 4) is 5.75 Å². The van der Waals surface area contributed by atoms with E-state index >= 15 is 0 Å². The SMILES string of the molecule is C[C@H](NCc1ccc2c(c1)CCO2)[C@H]1COC(C)(C)O1. The van der Waals surface area contributed by atoms with Crippen LogP contribution in [0.4, 0.5) is 0 Å². The lowest BCUT2D eigenvalue weighted by molar-refractivity contribution is -0.141. The van der Waals surface area contributed by atoms with Crippen LogP contribution in [0.1, 0.15) is 31.9 Å². The van der Waals surface area contributed by atoms with Crippen LogP contribution in [0, 0.1) is 0 Å². The predicted molar refractivity (Wildman–Crippen MR) is 76.8 cm³/mol. The Kier molecular flexibility index (Phi) is 3.71. The van der Waals surface area contributed by atoms with Gasteiger partial charge in [0.1, 0.15) is 5.75 Å². The molecule has 1 aromatic rings. The highest BCUT2D eigenvalue weighted by atomic mass is 16.7. The quantitative estimate of drug-likeness (QED) is 0.916. The molecule has 1 fully saturated rings. The van der Waals surface area contributed by atoms with E-state index in [1.54, 1.807) is 0 Å². The third kappa shape index (κ3) is 2.97. The molecule has 2 aliphatic rings. The summed E-state index contributed by atoms with van der Waals surface area (Å²) in [6.07, 6.45) is 1.13. The molecule has 4 heteroatoms. The molecule has 0 amide bonds. The van der Waals surface area contributed by atoms with Crippen LogP contribution in [0.15, 0.2) is 18.2 Å². The summed E-state index contributed by atoms with van der Waals surface area (Å²) in [5, 5.41) is 3.52. The van der Waals surface area contributed by atoms with E-state index < -0.39 is 5.79 Å². The zero-order valence-electron chi connectivity index (χ0n) is 12.4. The Morgan fingerprint density at radius 1 is 1.40 bits per heavy atom. The molecule has 2 aliphatic heterocycles. The number of nitrogens with one attached hydrogen (secondary N) is 1. The molecule has 4 nitrogen and oxygen atoms in total. The van der Waals surface area contributed by atoms with Crippen LogP contribution in [0.5, 0.6) is 5.75 Å². The monoisotopic (exact) mass is 277 g/mol. The molecule has 1 N–H and O–H groups in total. The molecule has 20 heavy (non-hydrogen) atoms. The molecule has 1 aromatic carbocycles. The van der Waals surface area contributed by atoms with Crippen molar-refractivity contribution in [1.82, 2.24) is 5.32 Å². The maximum Gasteiger partial charge on any atom is 0.163 e. The molecule has 0 saturated carbocycles. The normalized spacial score (nSPS) is 25.2. The second-order valence-corrected chi connectivity index (χ2v) is 6.08. The molecule has 0 bridgehead atoms. The van der Waals surface area contributed by atoms with Crippen molar-refractivity contribution >= 4 is 0 Å². The Labute approximate surface area is 120 Å². The highest BCUT2D eigenvalue weighted by molar-refractivity contribution is 5.39. The van der Waals surface area contributed by atoms with Crippen molar-refractivity contribution in [2.75, 3.05) is 13.2 Å². The zero-order chi connectivity index (χ0) is 14.2. The van der Waals surface area contributed by atoms with Gasteiger partial charge in [0.25, 0.3) is 0 Å². The summed E-state index contributed by atoms with van der Waals surface area (Å²) >= 11 is 0. The molecular formula is C16H23NO3. The number of fused-ring (bicyclic) bond motifs is 1. The van der Waals surface area contributed by atoms with Crippen molar-refractivity contribution in [3.05, 3.63) is 29.3 Å². The van der Waals surface area contributed by atoms with Crippen LogP contribution >= 0.6 is 0 Å². The van der Waals surface area contributed by atoms with E-state index in [9.17, 15) is 0 Å². The lowest BCUT2D eigenvalue weighted by Gasteiger charge is -2.22. The fourth-order valence-electron chi connectivity index (χ4n) is 2.72. The predicted octanol–water partition coefficient (Wildman–Crippen LogP) is 2.25. The van der Waals surface area contributed by atoms with Crippen LogP contribution in [-0.4, -0.2) is 31.1 Å². The summed E-state index contributed by atoms with van der Waals surface area (Å²) in [6.45, 7) is 8.37. The molecule has 2 atom stereocenters. The maximum atomic E-state index is 5.87. The molecule has 1 saturated heterocycles. The van der Waals surface area contributed by atoms with E-state index in [1.807, 2.05) is 13.8 Å². The van der Waals surface area contributed by atoms with Gasteiger partial charge < -0.3 is 19.5 Å². The first-order valence-electron chi connectivity index (χ1n) is 7.33. The van der Waals surface area contributed by atoms with Gasteiger partial charge in [-0.2, -0.15) is 0 Å². The van der Waals surface area contributed by atoms with Gasteiger partial charge in [-0.25, -0.2) is 0 Å². The van der Waals surface area contributed by atoms with Crippen LogP contribution in [0.25, 0.3) is 0 Å². The largest absolute Gasteiger partial charge is 0.493 e. The van der Waals surface area contributed by atoms with Crippen LogP contribution in [0.3, 0.4) is 0 Å². The summed E-state index contributed by atoms with van der Waals surface area (Å²) in [5.74, 6) is 0.585. The third-order valence-electron chi connectivity index (χ3n) is 3.97. The minimum absolute atomic E-state index is 0.114. The molecule has 0 spiro atoms. The molecule has 0 radical (unpaired) electrons. The smallest absolute Gasteiger partial charge is 0.163 e. The van der Waals surface area contributed by atoms with Crippen molar-refractivity contribution < 1.29 is 14.2 Å². The zero-order valence-corrected chi connectivity index (χ0v) is 12.4. The van der Waals surface area contributed by atoms with Crippen molar-refractivity contribution in [3.63, 3.8) is 0 Å². The highest BCUT2D eigenvalue weighted by Gasteiger charge is 2.35. The topological polar surface area (TPSA) is 39.7 Å². The van der Waals surface area contributed by atoms with Crippen LogP contribution in [0.2, 0.25) is 0 Å². The van der Waals surface area contributed by atoms with Crippen molar-refractivity contribution in [2.45, 2.75) is 51.7 Å². The van der Waals surface area contributed by atoms with Crippen LogP contribution < -0.4 is 10.1 Å². The minimum atomic E-state index is -0.453. The first-order chi connectivity index (χ1) is 9.53. The second-order valence-electron chi connectivity index (χ2n) is 6.08. The van der Waals surface area contributed by atoms with Crippen LogP contribution in [-0.2, 0) is 22.4 Å². The number of hydrogen-bond donors (Lipinski definition) is 1. The lowest BCUT2D eigenvalue weighted by Crippen LogP contribution is -2.39. The van der Waals surface area contributed by atoms with Gasteiger partial charge >= 0.3 is 0 Å². The van der Waals surface area contributed by atoms with Crippen molar-refractivity contribution in [1.29, 1.82) is 0 Å². The molecule has 0 aliphatic carbocycles. The number of rotatable bonds is 4. The number of hydrogen-bond acceptors (Lipinski definition) is 4. The fourth-order valence-corrected chi connectivity index (χ4v) is 2.72. The Balaban J connectivity index is 1.54. The number of benzene rings is 1. The lowest BCUT2D eigenvalue weighted by atomic mass is 10.1. The molecule has 0 unspecified atom stereocenters. The van der Waals surface area contributed by atoms with E-state index in [1.165, 1.54) is 11.1 Å². The van der Waals surface area contributed by atoms with E-state index in [4.69, 9.17) is 14.2 Å². The molecule has 110 valence electrons. The summed E-state index contributed by atoms with van der Waals surface area (Å²) < 4.78 is 17.0. The molecular weight excluding hydrogens is 254 g/mol. The van der Waals surface area contributed by atoms with E-state index in [-0.39, 0.29) is 12.1 Å². The summed E-state index contributed by atoms with van der Waals surface area (Å²) in [6, 6.07) is 6.70. The van der Waals surface area contributed by atoms with Gasteiger partial charge in [-0.1, -0.05) is 12.1 Å². The highest BCUT2D eigenvalue weighted by Crippen LogP contribution is 2.26. The van der Waals surface area contributed by atoms with Gasteiger partial charge in [0, 0.05) is 19.0 Å². The first kappa shape index (κ1) is 13.9. The standard InChI is InChI=1S/C16H23NO3/c1-11(15-10-19-16(2,3)20-15)17-9-12-4-5-14-13(8-12)6-7-18-14/h4-5,8,11,15,17H,6-7,9-10H2,1-3H3/t11-,15+/m0/s1. The van der Waals surface area contributed by atoms with Gasteiger partial charge in [0.15, 0.2) is 5.79 Å². The Bertz CT molecular complexity index is 487. The minimum Gasteiger partial charge on any atom is -0.493 e. The van der Waals surface area contributed by atoms with Gasteiger partial charge in [-0.3, -0.25) is 0 Å². The Morgan fingerprint density at radius 3 is 3.00 bits per heavy atom. The first-order valence-corrected chi connectivity index (χ1v) is 7.33. The second kappa shape index (κ2) is 5.35. The fraction of sp³-hybridized carbons (Fsp3) is 0.625. The van der Waals surface area contributed by atoms with Gasteiger partial charge in [0.05, 0.1) is 19.3 Å². The Hall–Kier alpha value is -1.10. The summed E-state index contributed by atoms with van der Waals surface area (Å²) in [4.78, 5) is 0. The van der Waals surface area contributed by atoms with Gasteiger partial charge in [-0.05, 0) is 38.0 Å². The number of ether oxygens (including phenoxy) is 3. The van der Waals surface area contributed by atoms with Crippen molar-refractivity contribution in [2.24, 2.45) is 0 Å². The summed E-state index contributed by atoms with van der Waals surface area (Å²) in [5.41, 5.74) is 2.61. The Morgan fingerprint density at radius 2 is 2.25 bits per heavy atom. The molecule has 3 rings (SSSR count). The average Bonchev–Trinajstić information content (AvgIpc) is 3.01. The van der Waals surface area contributed by atoms with Gasteiger partial charge in [-0.15, -0.1) is 0 Å². The van der Waals surface area contributed by atoms with Gasteiger partial charge in [0.2, 0.25) is 0 Å². The maximum absolute atomic E-state index is 5.87. The third-order valence-corrected chi connectivity index (χ3v) is 3.97. The van der Waals surface area contributed by atoms with E-state index in [0.29, 0.717) is 6.61 Å². The van der Waals surface area contributed by atoms with E-state index in [0.717, 1.165) is 25.3 Å². The van der Waals surface area contributed by atoms with E-state index in [2.05, 4.69) is 30.4 Å². The average molecular weight is 277 g/mol. The molecule has 2 heterocycles. The summed E-state index contributed by atoms with van der Waals surface area (Å²) in [7, 11) is 0.